The number of aliphatic hydroxyl groups is 1. The highest BCUT2D eigenvalue weighted by atomic mass is 16.5. The second-order valence-electron chi connectivity index (χ2n) is 7.73. The van der Waals surface area contributed by atoms with Crippen molar-refractivity contribution in [2.45, 2.75) is 26.4 Å². The van der Waals surface area contributed by atoms with Gasteiger partial charge in [-0.3, -0.25) is 4.79 Å². The molecule has 158 valence electrons. The SMILES string of the molecule is COc1cc(C(=O)NCC(O)c2ccc3ccccc3c2)ccc1OCCC(C)C. The van der Waals surface area contributed by atoms with E-state index < -0.39 is 6.10 Å². The third-order valence-electron chi connectivity index (χ3n) is 4.99. The Balaban J connectivity index is 1.61. The van der Waals surface area contributed by atoms with Crippen LogP contribution in [0.2, 0.25) is 0 Å². The van der Waals surface area contributed by atoms with Crippen LogP contribution < -0.4 is 14.8 Å². The predicted octanol–water partition coefficient (Wildman–Crippen LogP) is 4.74. The first-order valence-electron chi connectivity index (χ1n) is 10.2. The molecule has 0 saturated carbocycles. The van der Waals surface area contributed by atoms with E-state index in [2.05, 4.69) is 19.2 Å². The van der Waals surface area contributed by atoms with Crippen molar-refractivity contribution in [2.75, 3.05) is 20.3 Å². The van der Waals surface area contributed by atoms with E-state index in [9.17, 15) is 9.90 Å². The summed E-state index contributed by atoms with van der Waals surface area (Å²) in [6.45, 7) is 4.99. The van der Waals surface area contributed by atoms with Gasteiger partial charge in [0.2, 0.25) is 0 Å². The predicted molar refractivity (Wildman–Crippen MR) is 119 cm³/mol. The number of aliphatic hydroxyl groups excluding tert-OH is 1. The van der Waals surface area contributed by atoms with Gasteiger partial charge in [0, 0.05) is 12.1 Å². The molecule has 0 fully saturated rings. The highest BCUT2D eigenvalue weighted by Crippen LogP contribution is 2.28. The average Bonchev–Trinajstić information content (AvgIpc) is 2.76. The summed E-state index contributed by atoms with van der Waals surface area (Å²) in [5, 5.41) is 15.5. The molecule has 0 bridgehead atoms. The zero-order valence-corrected chi connectivity index (χ0v) is 17.7. The van der Waals surface area contributed by atoms with Crippen LogP contribution in [0.3, 0.4) is 0 Å². The molecule has 0 radical (unpaired) electrons. The summed E-state index contributed by atoms with van der Waals surface area (Å²) < 4.78 is 11.1. The van der Waals surface area contributed by atoms with Crippen molar-refractivity contribution >= 4 is 16.7 Å². The molecule has 5 nitrogen and oxygen atoms in total. The number of amides is 1. The van der Waals surface area contributed by atoms with Crippen molar-refractivity contribution in [3.63, 3.8) is 0 Å². The lowest BCUT2D eigenvalue weighted by Crippen LogP contribution is -2.28. The van der Waals surface area contributed by atoms with Crippen LogP contribution in [-0.4, -0.2) is 31.3 Å². The van der Waals surface area contributed by atoms with Gasteiger partial charge in [-0.05, 0) is 52.9 Å². The lowest BCUT2D eigenvalue weighted by Gasteiger charge is -2.15. The molecule has 0 aliphatic carbocycles. The molecule has 1 amide bonds. The van der Waals surface area contributed by atoms with Crippen LogP contribution in [0.15, 0.2) is 60.7 Å². The van der Waals surface area contributed by atoms with Crippen molar-refractivity contribution in [1.82, 2.24) is 5.32 Å². The van der Waals surface area contributed by atoms with Crippen molar-refractivity contribution < 1.29 is 19.4 Å². The fourth-order valence-electron chi connectivity index (χ4n) is 3.16. The van der Waals surface area contributed by atoms with Crippen LogP contribution in [0, 0.1) is 5.92 Å². The van der Waals surface area contributed by atoms with E-state index in [-0.39, 0.29) is 12.5 Å². The second kappa shape index (κ2) is 10.1. The number of methoxy groups -OCH3 is 1. The topological polar surface area (TPSA) is 67.8 Å². The van der Waals surface area contributed by atoms with E-state index >= 15 is 0 Å². The summed E-state index contributed by atoms with van der Waals surface area (Å²) >= 11 is 0. The van der Waals surface area contributed by atoms with Gasteiger partial charge >= 0.3 is 0 Å². The number of ether oxygens (including phenoxy) is 2. The molecule has 3 rings (SSSR count). The molecular formula is C25H29NO4. The van der Waals surface area contributed by atoms with Crippen molar-refractivity contribution in [1.29, 1.82) is 0 Å². The summed E-state index contributed by atoms with van der Waals surface area (Å²) in [6.07, 6.45) is 0.150. The first-order chi connectivity index (χ1) is 14.5. The number of carbonyl (C=O) groups is 1. The minimum Gasteiger partial charge on any atom is -0.493 e. The maximum atomic E-state index is 12.6. The van der Waals surface area contributed by atoms with Crippen LogP contribution in [-0.2, 0) is 0 Å². The number of hydrogen-bond donors (Lipinski definition) is 2. The lowest BCUT2D eigenvalue weighted by molar-refractivity contribution is 0.0916. The number of rotatable bonds is 9. The Hall–Kier alpha value is -3.05. The summed E-state index contributed by atoms with van der Waals surface area (Å²) in [5.74, 6) is 1.41. The molecule has 0 aliphatic rings. The Morgan fingerprint density at radius 3 is 2.50 bits per heavy atom. The third kappa shape index (κ3) is 5.51. The number of hydrogen-bond acceptors (Lipinski definition) is 4. The quantitative estimate of drug-likeness (QED) is 0.538. The fraction of sp³-hybridized carbons (Fsp3) is 0.320. The van der Waals surface area contributed by atoms with Gasteiger partial charge in [-0.15, -0.1) is 0 Å². The normalized spacial score (nSPS) is 12.0. The zero-order chi connectivity index (χ0) is 21.5. The molecule has 2 N–H and O–H groups in total. The highest BCUT2D eigenvalue weighted by molar-refractivity contribution is 5.95. The van der Waals surface area contributed by atoms with E-state index in [1.54, 1.807) is 25.3 Å². The molecule has 3 aromatic rings. The standard InChI is InChI=1S/C25H29NO4/c1-17(2)12-13-30-23-11-10-21(15-24(23)29-3)25(28)26-16-22(27)20-9-8-18-6-4-5-7-19(18)14-20/h4-11,14-15,17,22,27H,12-13,16H2,1-3H3,(H,26,28). The summed E-state index contributed by atoms with van der Waals surface area (Å²) in [4.78, 5) is 12.6. The maximum Gasteiger partial charge on any atom is 0.251 e. The third-order valence-corrected chi connectivity index (χ3v) is 4.99. The highest BCUT2D eigenvalue weighted by Gasteiger charge is 2.14. The van der Waals surface area contributed by atoms with Gasteiger partial charge in [-0.1, -0.05) is 50.2 Å². The van der Waals surface area contributed by atoms with Gasteiger partial charge in [-0.2, -0.15) is 0 Å². The van der Waals surface area contributed by atoms with Crippen LogP contribution in [0.1, 0.15) is 42.3 Å². The zero-order valence-electron chi connectivity index (χ0n) is 17.7. The maximum absolute atomic E-state index is 12.6. The summed E-state index contributed by atoms with van der Waals surface area (Å²) in [7, 11) is 1.55. The van der Waals surface area contributed by atoms with Crippen LogP contribution in [0.4, 0.5) is 0 Å². The minimum absolute atomic E-state index is 0.117. The fourth-order valence-corrected chi connectivity index (χ4v) is 3.16. The molecule has 0 saturated heterocycles. The van der Waals surface area contributed by atoms with Gasteiger partial charge in [0.05, 0.1) is 19.8 Å². The molecule has 0 heterocycles. The summed E-state index contributed by atoms with van der Waals surface area (Å²) in [6, 6.07) is 18.9. The Morgan fingerprint density at radius 1 is 1.00 bits per heavy atom. The molecule has 0 spiro atoms. The van der Waals surface area contributed by atoms with Crippen LogP contribution in [0.25, 0.3) is 10.8 Å². The average molecular weight is 408 g/mol. The Morgan fingerprint density at radius 2 is 1.77 bits per heavy atom. The number of benzene rings is 3. The molecule has 5 heteroatoms. The van der Waals surface area contributed by atoms with Gasteiger partial charge < -0.3 is 19.9 Å². The smallest absolute Gasteiger partial charge is 0.251 e. The minimum atomic E-state index is -0.793. The van der Waals surface area contributed by atoms with Crippen molar-refractivity contribution in [3.8, 4) is 11.5 Å². The van der Waals surface area contributed by atoms with Crippen molar-refractivity contribution in [2.24, 2.45) is 5.92 Å². The van der Waals surface area contributed by atoms with Crippen LogP contribution in [0.5, 0.6) is 11.5 Å². The van der Waals surface area contributed by atoms with Crippen molar-refractivity contribution in [3.05, 3.63) is 71.8 Å². The first kappa shape index (κ1) is 21.7. The molecule has 1 unspecified atom stereocenters. The summed E-state index contributed by atoms with van der Waals surface area (Å²) in [5.41, 5.74) is 1.22. The molecule has 0 aromatic heterocycles. The molecular weight excluding hydrogens is 378 g/mol. The number of fused-ring (bicyclic) bond motifs is 1. The Kier molecular flexibility index (Phi) is 7.31. The van der Waals surface area contributed by atoms with E-state index in [4.69, 9.17) is 9.47 Å². The number of nitrogens with one attached hydrogen (secondary N) is 1. The monoisotopic (exact) mass is 407 g/mol. The van der Waals surface area contributed by atoms with E-state index in [0.717, 1.165) is 22.8 Å². The molecule has 1 atom stereocenters. The van der Waals surface area contributed by atoms with E-state index in [1.165, 1.54) is 0 Å². The Labute approximate surface area is 177 Å². The molecule has 0 aliphatic heterocycles. The number of carbonyl (C=O) groups excluding carboxylic acids is 1. The van der Waals surface area contributed by atoms with Gasteiger partial charge in [0.25, 0.3) is 5.91 Å². The largest absolute Gasteiger partial charge is 0.493 e. The first-order valence-corrected chi connectivity index (χ1v) is 10.2. The second-order valence-corrected chi connectivity index (χ2v) is 7.73. The van der Waals surface area contributed by atoms with E-state index in [1.807, 2.05) is 42.5 Å². The van der Waals surface area contributed by atoms with Crippen LogP contribution >= 0.6 is 0 Å². The Bertz CT molecular complexity index is 999. The molecule has 30 heavy (non-hydrogen) atoms. The van der Waals surface area contributed by atoms with Gasteiger partial charge in [0.15, 0.2) is 11.5 Å². The molecule has 3 aromatic carbocycles. The van der Waals surface area contributed by atoms with E-state index in [0.29, 0.717) is 29.6 Å². The lowest BCUT2D eigenvalue weighted by atomic mass is 10.0. The van der Waals surface area contributed by atoms with Gasteiger partial charge in [0.1, 0.15) is 0 Å². The van der Waals surface area contributed by atoms with Gasteiger partial charge in [-0.25, -0.2) is 0 Å².